The van der Waals surface area contributed by atoms with Crippen molar-refractivity contribution in [1.29, 1.82) is 0 Å². The minimum Gasteiger partial charge on any atom is -0.354 e. The topological polar surface area (TPSA) is 30.4 Å². The number of aromatic nitrogens is 2. The molecule has 0 aliphatic carbocycles. The Labute approximate surface area is 144 Å². The highest BCUT2D eigenvalue weighted by Gasteiger charge is 2.59. The third kappa shape index (κ3) is 2.65. The van der Waals surface area contributed by atoms with Crippen LogP contribution in [0, 0.1) is 0 Å². The molecule has 1 aromatic heterocycles. The number of nitrogens with zero attached hydrogens (tertiary/aromatic N) is 2. The van der Waals surface area contributed by atoms with Crippen LogP contribution in [0.2, 0.25) is 10.0 Å². The van der Waals surface area contributed by atoms with Gasteiger partial charge in [0.2, 0.25) is 0 Å². The van der Waals surface area contributed by atoms with Crippen molar-refractivity contribution in [3.8, 4) is 0 Å². The number of hydrogen-bond donors (Lipinski definition) is 0. The SMILES string of the molecule is Clc1ccc(C2OC2(Cn2ccnc2)c2ccccc2)c(Cl)c1. The first-order valence-electron chi connectivity index (χ1n) is 7.33. The van der Waals surface area contributed by atoms with Gasteiger partial charge in [0.15, 0.2) is 0 Å². The molecule has 1 saturated heterocycles. The van der Waals surface area contributed by atoms with Crippen LogP contribution in [0.1, 0.15) is 17.2 Å². The van der Waals surface area contributed by atoms with Crippen LogP contribution < -0.4 is 0 Å². The van der Waals surface area contributed by atoms with Crippen molar-refractivity contribution in [2.24, 2.45) is 0 Å². The summed E-state index contributed by atoms with van der Waals surface area (Å²) in [7, 11) is 0. The summed E-state index contributed by atoms with van der Waals surface area (Å²) in [6.07, 6.45) is 5.41. The van der Waals surface area contributed by atoms with Gasteiger partial charge in [0.1, 0.15) is 11.7 Å². The second-order valence-corrected chi connectivity index (χ2v) is 6.50. The van der Waals surface area contributed by atoms with E-state index in [2.05, 4.69) is 17.1 Å². The number of imidazole rings is 1. The van der Waals surface area contributed by atoms with Crippen molar-refractivity contribution < 1.29 is 4.74 Å². The van der Waals surface area contributed by atoms with Gasteiger partial charge in [-0.3, -0.25) is 0 Å². The summed E-state index contributed by atoms with van der Waals surface area (Å²) in [6, 6.07) is 15.8. The number of halogens is 2. The zero-order chi connectivity index (χ0) is 15.9. The van der Waals surface area contributed by atoms with Crippen LogP contribution in [-0.4, -0.2) is 9.55 Å². The van der Waals surface area contributed by atoms with E-state index in [4.69, 9.17) is 27.9 Å². The summed E-state index contributed by atoms with van der Waals surface area (Å²) in [5.74, 6) is 0. The Kier molecular flexibility index (Phi) is 3.64. The van der Waals surface area contributed by atoms with E-state index in [1.165, 1.54) is 0 Å². The van der Waals surface area contributed by atoms with Crippen LogP contribution in [0.25, 0.3) is 0 Å². The van der Waals surface area contributed by atoms with Crippen molar-refractivity contribution in [2.45, 2.75) is 18.2 Å². The normalized spacial score (nSPS) is 23.0. The van der Waals surface area contributed by atoms with Crippen molar-refractivity contribution in [2.75, 3.05) is 0 Å². The van der Waals surface area contributed by atoms with E-state index in [-0.39, 0.29) is 6.10 Å². The van der Waals surface area contributed by atoms with Gasteiger partial charge in [0, 0.05) is 28.0 Å². The van der Waals surface area contributed by atoms with Crippen LogP contribution >= 0.6 is 23.2 Å². The highest BCUT2D eigenvalue weighted by atomic mass is 35.5. The average molecular weight is 345 g/mol. The number of rotatable bonds is 4. The van der Waals surface area contributed by atoms with Crippen molar-refractivity contribution in [3.05, 3.63) is 88.4 Å². The predicted octanol–water partition coefficient (Wildman–Crippen LogP) is 4.86. The van der Waals surface area contributed by atoms with E-state index in [0.29, 0.717) is 16.6 Å². The Morgan fingerprint density at radius 2 is 1.96 bits per heavy atom. The standard InChI is InChI=1S/C18H14Cl2N2O/c19-14-6-7-15(16(20)10-14)17-18(23-17,11-22-9-8-21-12-22)13-4-2-1-3-5-13/h1-10,12,17H,11H2. The maximum Gasteiger partial charge on any atom is 0.142 e. The molecule has 2 unspecified atom stereocenters. The minimum absolute atomic E-state index is 0.0999. The van der Waals surface area contributed by atoms with Crippen LogP contribution in [0.3, 0.4) is 0 Å². The van der Waals surface area contributed by atoms with E-state index < -0.39 is 5.60 Å². The lowest BCUT2D eigenvalue weighted by Gasteiger charge is -2.15. The Balaban J connectivity index is 1.74. The second-order valence-electron chi connectivity index (χ2n) is 5.65. The molecule has 2 aromatic carbocycles. The molecule has 116 valence electrons. The molecule has 23 heavy (non-hydrogen) atoms. The van der Waals surface area contributed by atoms with E-state index in [0.717, 1.165) is 11.1 Å². The summed E-state index contributed by atoms with van der Waals surface area (Å²) in [6.45, 7) is 0.681. The van der Waals surface area contributed by atoms with Crippen LogP contribution in [0.15, 0.2) is 67.3 Å². The highest BCUT2D eigenvalue weighted by molar-refractivity contribution is 6.35. The number of ether oxygens (including phenoxy) is 1. The quantitative estimate of drug-likeness (QED) is 0.633. The van der Waals surface area contributed by atoms with Gasteiger partial charge in [0.25, 0.3) is 0 Å². The molecule has 3 aromatic rings. The zero-order valence-electron chi connectivity index (χ0n) is 12.2. The van der Waals surface area contributed by atoms with E-state index in [1.807, 2.05) is 41.1 Å². The molecule has 0 bridgehead atoms. The Bertz CT molecular complexity index is 820. The molecule has 0 radical (unpaired) electrons. The molecular formula is C18H14Cl2N2O. The smallest absolute Gasteiger partial charge is 0.142 e. The third-order valence-corrected chi connectivity index (χ3v) is 4.74. The molecule has 1 fully saturated rings. The fraction of sp³-hybridized carbons (Fsp3) is 0.167. The molecule has 0 N–H and O–H groups in total. The van der Waals surface area contributed by atoms with Gasteiger partial charge >= 0.3 is 0 Å². The first-order chi connectivity index (χ1) is 11.2. The summed E-state index contributed by atoms with van der Waals surface area (Å²) < 4.78 is 8.22. The van der Waals surface area contributed by atoms with Crippen molar-refractivity contribution in [3.63, 3.8) is 0 Å². The monoisotopic (exact) mass is 344 g/mol. The summed E-state index contributed by atoms with van der Waals surface area (Å²) in [5, 5.41) is 1.25. The van der Waals surface area contributed by atoms with E-state index in [9.17, 15) is 0 Å². The van der Waals surface area contributed by atoms with Crippen LogP contribution in [0.4, 0.5) is 0 Å². The van der Waals surface area contributed by atoms with E-state index in [1.54, 1.807) is 18.6 Å². The number of benzene rings is 2. The van der Waals surface area contributed by atoms with Crippen molar-refractivity contribution >= 4 is 23.2 Å². The lowest BCUT2D eigenvalue weighted by molar-refractivity contribution is 0.270. The molecule has 1 aliphatic rings. The summed E-state index contributed by atoms with van der Waals surface area (Å²) in [5.41, 5.74) is 1.66. The fourth-order valence-corrected chi connectivity index (χ4v) is 3.52. The first-order valence-corrected chi connectivity index (χ1v) is 8.09. The fourth-order valence-electron chi connectivity index (χ4n) is 3.01. The molecule has 4 rings (SSSR count). The molecule has 0 saturated carbocycles. The number of epoxide rings is 1. The highest BCUT2D eigenvalue weighted by Crippen LogP contribution is 2.59. The second kappa shape index (κ2) is 5.68. The Hall–Kier alpha value is -1.81. The zero-order valence-corrected chi connectivity index (χ0v) is 13.7. The summed E-state index contributed by atoms with van der Waals surface area (Å²) in [4.78, 5) is 4.12. The molecule has 1 aliphatic heterocycles. The lowest BCUT2D eigenvalue weighted by atomic mass is 9.91. The minimum atomic E-state index is -0.431. The van der Waals surface area contributed by atoms with Crippen LogP contribution in [0.5, 0.6) is 0 Å². The molecule has 2 atom stereocenters. The van der Waals surface area contributed by atoms with Crippen molar-refractivity contribution in [1.82, 2.24) is 9.55 Å². The maximum atomic E-state index is 6.38. The van der Waals surface area contributed by atoms with Gasteiger partial charge < -0.3 is 9.30 Å². The molecule has 2 heterocycles. The van der Waals surface area contributed by atoms with Crippen LogP contribution in [-0.2, 0) is 16.9 Å². The molecule has 5 heteroatoms. The van der Waals surface area contributed by atoms with E-state index >= 15 is 0 Å². The molecule has 0 amide bonds. The lowest BCUT2D eigenvalue weighted by Crippen LogP contribution is -2.18. The maximum absolute atomic E-state index is 6.38. The average Bonchev–Trinajstić information content (AvgIpc) is 3.02. The summed E-state index contributed by atoms with van der Waals surface area (Å²) >= 11 is 12.4. The number of hydrogen-bond acceptors (Lipinski definition) is 2. The molecular weight excluding hydrogens is 331 g/mol. The van der Waals surface area contributed by atoms with Gasteiger partial charge in [-0.1, -0.05) is 59.6 Å². The van der Waals surface area contributed by atoms with Gasteiger partial charge in [-0.2, -0.15) is 0 Å². The van der Waals surface area contributed by atoms with Gasteiger partial charge in [-0.25, -0.2) is 4.98 Å². The third-order valence-electron chi connectivity index (χ3n) is 4.18. The first kappa shape index (κ1) is 14.8. The predicted molar refractivity (Wildman–Crippen MR) is 90.6 cm³/mol. The molecule has 0 spiro atoms. The van der Waals surface area contributed by atoms with Gasteiger partial charge in [-0.15, -0.1) is 0 Å². The largest absolute Gasteiger partial charge is 0.354 e. The molecule has 3 nitrogen and oxygen atoms in total. The van der Waals surface area contributed by atoms with Gasteiger partial charge in [0.05, 0.1) is 12.9 Å². The Morgan fingerprint density at radius 1 is 1.13 bits per heavy atom. The van der Waals surface area contributed by atoms with Gasteiger partial charge in [-0.05, 0) is 17.7 Å². The Morgan fingerprint density at radius 3 is 2.65 bits per heavy atom.